The minimum Gasteiger partial charge on any atom is -0.476 e. The van der Waals surface area contributed by atoms with Gasteiger partial charge in [0.2, 0.25) is 5.88 Å². The van der Waals surface area contributed by atoms with Crippen LogP contribution < -0.4 is 4.74 Å². The normalized spacial score (nSPS) is 12.2. The Labute approximate surface area is 129 Å². The summed E-state index contributed by atoms with van der Waals surface area (Å²) in [4.78, 5) is 0. The second kappa shape index (κ2) is 6.43. The topological polar surface area (TPSA) is 50.9 Å². The molecule has 2 aromatic carbocycles. The number of hydrogen-bond donors (Lipinski definition) is 1. The fourth-order valence-corrected chi connectivity index (χ4v) is 2.40. The standard InChI is InChI=1S/C18H19N3O/c1-14(11-12-19)13-22-18-16-9-5-6-10-17(16)21(20-18)15-7-3-2-4-8-15/h2-10,12,14,19H,11,13H2,1H3/t14-/m0/s1. The molecule has 1 atom stereocenters. The quantitative estimate of drug-likeness (QED) is 0.696. The second-order valence-corrected chi connectivity index (χ2v) is 5.43. The third-order valence-corrected chi connectivity index (χ3v) is 3.58. The number of nitrogens with zero attached hydrogens (tertiary/aromatic N) is 2. The number of ether oxygens (including phenoxy) is 1. The lowest BCUT2D eigenvalue weighted by Crippen LogP contribution is -2.09. The second-order valence-electron chi connectivity index (χ2n) is 5.43. The summed E-state index contributed by atoms with van der Waals surface area (Å²) in [5, 5.41) is 12.8. The molecular weight excluding hydrogens is 274 g/mol. The van der Waals surface area contributed by atoms with Gasteiger partial charge in [0.15, 0.2) is 0 Å². The first-order valence-electron chi connectivity index (χ1n) is 7.44. The van der Waals surface area contributed by atoms with Gasteiger partial charge in [-0.1, -0.05) is 37.3 Å². The first-order chi connectivity index (χ1) is 10.8. The highest BCUT2D eigenvalue weighted by atomic mass is 16.5. The highest BCUT2D eigenvalue weighted by molar-refractivity contribution is 5.85. The summed E-state index contributed by atoms with van der Waals surface area (Å²) in [6, 6.07) is 18.1. The SMILES string of the molecule is C[C@@H](CC=N)COc1nn(-c2ccccc2)c2ccccc12. The van der Waals surface area contributed by atoms with Gasteiger partial charge in [-0.3, -0.25) is 0 Å². The van der Waals surface area contributed by atoms with Gasteiger partial charge in [0.05, 0.1) is 23.2 Å². The zero-order chi connectivity index (χ0) is 15.4. The van der Waals surface area contributed by atoms with Crippen LogP contribution in [-0.2, 0) is 0 Å². The molecule has 0 aliphatic heterocycles. The van der Waals surface area contributed by atoms with Gasteiger partial charge in [0.25, 0.3) is 0 Å². The molecule has 4 nitrogen and oxygen atoms in total. The summed E-state index contributed by atoms with van der Waals surface area (Å²) in [5.74, 6) is 0.953. The Morgan fingerprint density at radius 1 is 1.14 bits per heavy atom. The van der Waals surface area contributed by atoms with E-state index >= 15 is 0 Å². The smallest absolute Gasteiger partial charge is 0.241 e. The third-order valence-electron chi connectivity index (χ3n) is 3.58. The lowest BCUT2D eigenvalue weighted by molar-refractivity contribution is 0.256. The first kappa shape index (κ1) is 14.3. The van der Waals surface area contributed by atoms with Crippen LogP contribution in [-0.4, -0.2) is 22.6 Å². The van der Waals surface area contributed by atoms with E-state index in [0.29, 0.717) is 18.4 Å². The fraction of sp³-hybridized carbons (Fsp3) is 0.222. The van der Waals surface area contributed by atoms with E-state index < -0.39 is 0 Å². The van der Waals surface area contributed by atoms with Crippen LogP contribution in [0.1, 0.15) is 13.3 Å². The van der Waals surface area contributed by atoms with Crippen molar-refractivity contribution in [1.82, 2.24) is 9.78 Å². The number of hydrogen-bond acceptors (Lipinski definition) is 3. The van der Waals surface area contributed by atoms with E-state index in [-0.39, 0.29) is 0 Å². The van der Waals surface area contributed by atoms with Crippen molar-refractivity contribution in [3.05, 3.63) is 54.6 Å². The summed E-state index contributed by atoms with van der Waals surface area (Å²) < 4.78 is 7.81. The van der Waals surface area contributed by atoms with Gasteiger partial charge in [-0.2, -0.15) is 0 Å². The summed E-state index contributed by atoms with van der Waals surface area (Å²) >= 11 is 0. The number of fused-ring (bicyclic) bond motifs is 1. The van der Waals surface area contributed by atoms with Crippen LogP contribution in [0.2, 0.25) is 0 Å². The molecule has 0 aliphatic rings. The molecule has 1 heterocycles. The molecule has 0 radical (unpaired) electrons. The maximum Gasteiger partial charge on any atom is 0.241 e. The number of benzene rings is 2. The number of nitrogens with one attached hydrogen (secondary N) is 1. The van der Waals surface area contributed by atoms with E-state index in [1.54, 1.807) is 0 Å². The molecule has 0 spiro atoms. The summed E-state index contributed by atoms with van der Waals surface area (Å²) in [7, 11) is 0. The Kier molecular flexibility index (Phi) is 4.19. The van der Waals surface area contributed by atoms with Crippen molar-refractivity contribution in [1.29, 1.82) is 5.41 Å². The largest absolute Gasteiger partial charge is 0.476 e. The van der Waals surface area contributed by atoms with Gasteiger partial charge in [0, 0.05) is 0 Å². The zero-order valence-corrected chi connectivity index (χ0v) is 12.6. The van der Waals surface area contributed by atoms with Crippen molar-refractivity contribution >= 4 is 17.1 Å². The molecule has 0 unspecified atom stereocenters. The molecule has 0 aliphatic carbocycles. The molecular formula is C18H19N3O. The molecule has 22 heavy (non-hydrogen) atoms. The number of rotatable bonds is 6. The minimum absolute atomic E-state index is 0.304. The molecule has 3 aromatic rings. The Morgan fingerprint density at radius 2 is 1.86 bits per heavy atom. The highest BCUT2D eigenvalue weighted by Gasteiger charge is 2.13. The van der Waals surface area contributed by atoms with E-state index in [9.17, 15) is 0 Å². The van der Waals surface area contributed by atoms with Gasteiger partial charge < -0.3 is 10.1 Å². The lowest BCUT2D eigenvalue weighted by atomic mass is 10.1. The van der Waals surface area contributed by atoms with Gasteiger partial charge in [-0.15, -0.1) is 5.10 Å². The molecule has 3 rings (SSSR count). The molecule has 0 fully saturated rings. The molecule has 0 amide bonds. The maximum absolute atomic E-state index is 7.16. The molecule has 0 saturated heterocycles. The monoisotopic (exact) mass is 293 g/mol. The average Bonchev–Trinajstić information content (AvgIpc) is 2.93. The molecule has 0 bridgehead atoms. The van der Waals surface area contributed by atoms with Gasteiger partial charge >= 0.3 is 0 Å². The molecule has 1 aromatic heterocycles. The predicted molar refractivity (Wildman–Crippen MR) is 89.1 cm³/mol. The summed E-state index contributed by atoms with van der Waals surface area (Å²) in [6.07, 6.45) is 2.14. The molecule has 4 heteroatoms. The van der Waals surface area contributed by atoms with Crippen molar-refractivity contribution in [3.8, 4) is 11.6 Å². The maximum atomic E-state index is 7.16. The van der Waals surface area contributed by atoms with Crippen LogP contribution in [0, 0.1) is 11.3 Å². The Morgan fingerprint density at radius 3 is 2.64 bits per heavy atom. The van der Waals surface area contributed by atoms with E-state index in [1.165, 1.54) is 6.21 Å². The van der Waals surface area contributed by atoms with E-state index in [4.69, 9.17) is 10.1 Å². The summed E-state index contributed by atoms with van der Waals surface area (Å²) in [5.41, 5.74) is 2.05. The van der Waals surface area contributed by atoms with Crippen molar-refractivity contribution < 1.29 is 4.74 Å². The van der Waals surface area contributed by atoms with Crippen LogP contribution >= 0.6 is 0 Å². The predicted octanol–water partition coefficient (Wildman–Crippen LogP) is 4.08. The number of aromatic nitrogens is 2. The minimum atomic E-state index is 0.304. The fourth-order valence-electron chi connectivity index (χ4n) is 2.40. The number of para-hydroxylation sites is 2. The van der Waals surface area contributed by atoms with E-state index in [0.717, 1.165) is 23.0 Å². The van der Waals surface area contributed by atoms with Gasteiger partial charge in [0.1, 0.15) is 0 Å². The Hall–Kier alpha value is -2.62. The van der Waals surface area contributed by atoms with Crippen molar-refractivity contribution in [3.63, 3.8) is 0 Å². The van der Waals surface area contributed by atoms with Crippen molar-refractivity contribution in [2.45, 2.75) is 13.3 Å². The van der Waals surface area contributed by atoms with Crippen molar-refractivity contribution in [2.24, 2.45) is 5.92 Å². The van der Waals surface area contributed by atoms with Crippen LogP contribution in [0.5, 0.6) is 5.88 Å². The highest BCUT2D eigenvalue weighted by Crippen LogP contribution is 2.27. The average molecular weight is 293 g/mol. The van der Waals surface area contributed by atoms with Crippen LogP contribution in [0.3, 0.4) is 0 Å². The molecule has 1 N–H and O–H groups in total. The lowest BCUT2D eigenvalue weighted by Gasteiger charge is -2.08. The van der Waals surface area contributed by atoms with E-state index in [1.807, 2.05) is 59.3 Å². The van der Waals surface area contributed by atoms with Gasteiger partial charge in [-0.05, 0) is 42.8 Å². The van der Waals surface area contributed by atoms with Crippen molar-refractivity contribution in [2.75, 3.05) is 6.61 Å². The van der Waals surface area contributed by atoms with Gasteiger partial charge in [-0.25, -0.2) is 4.68 Å². The first-order valence-corrected chi connectivity index (χ1v) is 7.44. The van der Waals surface area contributed by atoms with E-state index in [2.05, 4.69) is 12.0 Å². The Balaban J connectivity index is 1.96. The van der Waals surface area contributed by atoms with Crippen LogP contribution in [0.25, 0.3) is 16.6 Å². The Bertz CT molecular complexity index is 764. The van der Waals surface area contributed by atoms with Crippen LogP contribution in [0.15, 0.2) is 54.6 Å². The van der Waals surface area contributed by atoms with Crippen LogP contribution in [0.4, 0.5) is 0 Å². The third kappa shape index (κ3) is 2.86. The molecule has 112 valence electrons. The zero-order valence-electron chi connectivity index (χ0n) is 12.6. The summed E-state index contributed by atoms with van der Waals surface area (Å²) in [6.45, 7) is 2.63. The molecule has 0 saturated carbocycles.